The third-order valence-electron chi connectivity index (χ3n) is 3.26. The molecular weight excluding hydrogens is 310 g/mol. The van der Waals surface area contributed by atoms with Gasteiger partial charge >= 0.3 is 0 Å². The summed E-state index contributed by atoms with van der Waals surface area (Å²) in [5.41, 5.74) is 1.73. The van der Waals surface area contributed by atoms with Crippen molar-refractivity contribution in [3.05, 3.63) is 59.1 Å². The normalized spacial score (nSPS) is 10.5. The van der Waals surface area contributed by atoms with Gasteiger partial charge in [0.2, 0.25) is 0 Å². The van der Waals surface area contributed by atoms with Crippen molar-refractivity contribution in [1.82, 2.24) is 24.8 Å². The van der Waals surface area contributed by atoms with Gasteiger partial charge in [0.15, 0.2) is 10.8 Å². The van der Waals surface area contributed by atoms with E-state index in [1.54, 1.807) is 42.8 Å². The Balaban J connectivity index is 1.81. The van der Waals surface area contributed by atoms with Crippen molar-refractivity contribution in [2.24, 2.45) is 0 Å². The van der Waals surface area contributed by atoms with E-state index in [9.17, 15) is 4.79 Å². The summed E-state index contributed by atoms with van der Waals surface area (Å²) in [5.74, 6) is 0.482. The van der Waals surface area contributed by atoms with Gasteiger partial charge in [-0.15, -0.1) is 11.3 Å². The minimum absolute atomic E-state index is 0.0565. The lowest BCUT2D eigenvalue weighted by Gasteiger charge is -2.16. The molecule has 0 bridgehead atoms. The topological polar surface area (TPSA) is 71.9 Å². The highest BCUT2D eigenvalue weighted by atomic mass is 32.1. The van der Waals surface area contributed by atoms with Crippen molar-refractivity contribution >= 4 is 17.2 Å². The third-order valence-corrected chi connectivity index (χ3v) is 4.41. The fourth-order valence-electron chi connectivity index (χ4n) is 2.11. The summed E-state index contributed by atoms with van der Waals surface area (Å²) in [6, 6.07) is 5.54. The maximum Gasteiger partial charge on any atom is 0.265 e. The molecule has 7 heteroatoms. The molecule has 0 aliphatic heterocycles. The van der Waals surface area contributed by atoms with Crippen LogP contribution in [0.5, 0.6) is 0 Å². The van der Waals surface area contributed by atoms with Gasteiger partial charge < -0.3 is 4.90 Å². The predicted molar refractivity (Wildman–Crippen MR) is 87.9 cm³/mol. The number of nitrogens with zero attached hydrogens (tertiary/aromatic N) is 5. The van der Waals surface area contributed by atoms with Crippen molar-refractivity contribution in [3.63, 3.8) is 0 Å². The average Bonchev–Trinajstić information content (AvgIpc) is 2.97. The fraction of sp³-hybridized carbons (Fsp3) is 0.188. The van der Waals surface area contributed by atoms with Crippen molar-refractivity contribution in [2.75, 3.05) is 7.05 Å². The van der Waals surface area contributed by atoms with Crippen LogP contribution in [0.2, 0.25) is 0 Å². The minimum Gasteiger partial charge on any atom is -0.337 e. The summed E-state index contributed by atoms with van der Waals surface area (Å²) >= 11 is 1.32. The zero-order valence-corrected chi connectivity index (χ0v) is 13.6. The van der Waals surface area contributed by atoms with Crippen LogP contribution < -0.4 is 0 Å². The molecule has 0 unspecified atom stereocenters. The molecule has 1 amide bonds. The smallest absolute Gasteiger partial charge is 0.265 e. The van der Waals surface area contributed by atoms with E-state index >= 15 is 0 Å². The molecule has 3 aromatic rings. The summed E-state index contributed by atoms with van der Waals surface area (Å²) in [6.45, 7) is 2.35. The Hall–Kier alpha value is -2.67. The molecule has 0 aromatic carbocycles. The molecule has 0 atom stereocenters. The summed E-state index contributed by atoms with van der Waals surface area (Å²) in [4.78, 5) is 31.7. The SMILES string of the molecule is Cc1nc(-c2ncccn2)sc1C(=O)N(C)Cc1ccncc1. The van der Waals surface area contributed by atoms with Gasteiger partial charge in [-0.1, -0.05) is 0 Å². The van der Waals surface area contributed by atoms with Crippen LogP contribution in [0.25, 0.3) is 10.8 Å². The molecule has 0 spiro atoms. The highest BCUT2D eigenvalue weighted by molar-refractivity contribution is 7.17. The van der Waals surface area contributed by atoms with Crippen LogP contribution in [0.1, 0.15) is 20.9 Å². The Morgan fingerprint density at radius 1 is 1.17 bits per heavy atom. The van der Waals surface area contributed by atoms with E-state index in [2.05, 4.69) is 19.9 Å². The van der Waals surface area contributed by atoms with E-state index < -0.39 is 0 Å². The van der Waals surface area contributed by atoms with Crippen LogP contribution in [0.4, 0.5) is 0 Å². The Morgan fingerprint density at radius 2 is 1.87 bits per heavy atom. The first-order valence-corrected chi connectivity index (χ1v) is 7.86. The number of aromatic nitrogens is 4. The Morgan fingerprint density at radius 3 is 2.57 bits per heavy atom. The molecule has 3 rings (SSSR count). The highest BCUT2D eigenvalue weighted by Gasteiger charge is 2.20. The minimum atomic E-state index is -0.0565. The number of pyridine rings is 1. The van der Waals surface area contributed by atoms with Gasteiger partial charge in [0, 0.05) is 38.4 Å². The van der Waals surface area contributed by atoms with Gasteiger partial charge in [-0.2, -0.15) is 0 Å². The zero-order chi connectivity index (χ0) is 16.2. The van der Waals surface area contributed by atoms with E-state index in [1.165, 1.54) is 11.3 Å². The standard InChI is InChI=1S/C16H15N5OS/c1-11-13(23-15(20-11)14-18-6-3-7-19-14)16(22)21(2)10-12-4-8-17-9-5-12/h3-9H,10H2,1-2H3. The number of hydrogen-bond donors (Lipinski definition) is 0. The van der Waals surface area contributed by atoms with Crippen LogP contribution in [0.3, 0.4) is 0 Å². The number of aryl methyl sites for hydroxylation is 1. The van der Waals surface area contributed by atoms with Gasteiger partial charge in [0.05, 0.1) is 5.69 Å². The first-order valence-electron chi connectivity index (χ1n) is 7.04. The molecule has 0 aliphatic carbocycles. The lowest BCUT2D eigenvalue weighted by Crippen LogP contribution is -2.26. The van der Waals surface area contributed by atoms with Gasteiger partial charge in [-0.25, -0.2) is 15.0 Å². The second-order valence-corrected chi connectivity index (χ2v) is 6.02. The largest absolute Gasteiger partial charge is 0.337 e. The zero-order valence-electron chi connectivity index (χ0n) is 12.8. The monoisotopic (exact) mass is 325 g/mol. The van der Waals surface area contributed by atoms with Gasteiger partial charge in [0.25, 0.3) is 5.91 Å². The number of rotatable bonds is 4. The average molecular weight is 325 g/mol. The summed E-state index contributed by atoms with van der Waals surface area (Å²) in [6.07, 6.45) is 6.76. The molecule has 0 fully saturated rings. The maximum atomic E-state index is 12.7. The Kier molecular flexibility index (Phi) is 4.38. The molecule has 6 nitrogen and oxygen atoms in total. The quantitative estimate of drug-likeness (QED) is 0.737. The van der Waals surface area contributed by atoms with E-state index in [0.717, 1.165) is 5.56 Å². The molecule has 116 valence electrons. The van der Waals surface area contributed by atoms with E-state index in [0.29, 0.717) is 27.9 Å². The fourth-order valence-corrected chi connectivity index (χ4v) is 3.12. The van der Waals surface area contributed by atoms with E-state index in [1.807, 2.05) is 19.1 Å². The van der Waals surface area contributed by atoms with Crippen molar-refractivity contribution in [1.29, 1.82) is 0 Å². The third kappa shape index (κ3) is 3.40. The number of amides is 1. The molecular formula is C16H15N5OS. The number of carbonyl (C=O) groups is 1. The Bertz CT molecular complexity index is 804. The van der Waals surface area contributed by atoms with Gasteiger partial charge in [0.1, 0.15) is 4.88 Å². The van der Waals surface area contributed by atoms with Crippen molar-refractivity contribution in [3.8, 4) is 10.8 Å². The maximum absolute atomic E-state index is 12.7. The first kappa shape index (κ1) is 15.2. The summed E-state index contributed by atoms with van der Waals surface area (Å²) in [7, 11) is 1.78. The second kappa shape index (κ2) is 6.62. The van der Waals surface area contributed by atoms with Crippen LogP contribution in [-0.2, 0) is 6.54 Å². The lowest BCUT2D eigenvalue weighted by atomic mass is 10.2. The number of thiazole rings is 1. The molecule has 0 saturated heterocycles. The lowest BCUT2D eigenvalue weighted by molar-refractivity contribution is 0.0789. The molecule has 23 heavy (non-hydrogen) atoms. The van der Waals surface area contributed by atoms with Crippen LogP contribution in [0, 0.1) is 6.92 Å². The van der Waals surface area contributed by atoms with Gasteiger partial charge in [-0.05, 0) is 30.7 Å². The molecule has 3 aromatic heterocycles. The summed E-state index contributed by atoms with van der Waals surface area (Å²) < 4.78 is 0. The predicted octanol–water partition coefficient (Wildman–Crippen LogP) is 2.58. The van der Waals surface area contributed by atoms with Crippen LogP contribution in [0.15, 0.2) is 43.0 Å². The molecule has 0 aliphatic rings. The van der Waals surface area contributed by atoms with Crippen molar-refractivity contribution in [2.45, 2.75) is 13.5 Å². The number of hydrogen-bond acceptors (Lipinski definition) is 6. The van der Waals surface area contributed by atoms with E-state index in [-0.39, 0.29) is 5.91 Å². The molecule has 3 heterocycles. The van der Waals surface area contributed by atoms with Crippen LogP contribution in [-0.4, -0.2) is 37.8 Å². The molecule has 0 N–H and O–H groups in total. The first-order chi connectivity index (χ1) is 11.1. The molecule has 0 radical (unpaired) electrons. The van der Waals surface area contributed by atoms with Crippen LogP contribution >= 0.6 is 11.3 Å². The Labute approximate surface area is 137 Å². The summed E-state index contributed by atoms with van der Waals surface area (Å²) in [5, 5.41) is 0.656. The van der Waals surface area contributed by atoms with E-state index in [4.69, 9.17) is 0 Å². The van der Waals surface area contributed by atoms with Gasteiger partial charge in [-0.3, -0.25) is 9.78 Å². The van der Waals surface area contributed by atoms with Crippen molar-refractivity contribution < 1.29 is 4.79 Å². The molecule has 0 saturated carbocycles. The highest BCUT2D eigenvalue weighted by Crippen LogP contribution is 2.26. The second-order valence-electron chi connectivity index (χ2n) is 5.02. The number of carbonyl (C=O) groups excluding carboxylic acids is 1.